The van der Waals surface area contributed by atoms with Crippen molar-refractivity contribution in [1.29, 1.82) is 0 Å². The molecule has 1 amide bonds. The van der Waals surface area contributed by atoms with Crippen LogP contribution in [0.1, 0.15) is 36.2 Å². The van der Waals surface area contributed by atoms with E-state index in [2.05, 4.69) is 12.2 Å². The zero-order valence-corrected chi connectivity index (χ0v) is 9.99. The SMILES string of the molecule is C/C=C/CCNC(=O)c1ccc(CC)cc1. The number of rotatable bonds is 5. The van der Waals surface area contributed by atoms with Crippen LogP contribution in [0.3, 0.4) is 0 Å². The van der Waals surface area contributed by atoms with E-state index in [4.69, 9.17) is 0 Å². The number of benzene rings is 1. The summed E-state index contributed by atoms with van der Waals surface area (Å²) in [5.74, 6) is 0.00663. The van der Waals surface area contributed by atoms with E-state index in [0.717, 1.165) is 18.4 Å². The first-order chi connectivity index (χ1) is 7.77. The summed E-state index contributed by atoms with van der Waals surface area (Å²) in [5.41, 5.74) is 1.99. The Bertz CT molecular complexity index is 352. The van der Waals surface area contributed by atoms with Gasteiger partial charge >= 0.3 is 0 Å². The quantitative estimate of drug-likeness (QED) is 0.596. The van der Waals surface area contributed by atoms with Crippen LogP contribution in [-0.2, 0) is 6.42 Å². The lowest BCUT2D eigenvalue weighted by Crippen LogP contribution is -2.24. The van der Waals surface area contributed by atoms with Crippen molar-refractivity contribution >= 4 is 5.91 Å². The number of carbonyl (C=O) groups is 1. The van der Waals surface area contributed by atoms with Crippen molar-refractivity contribution in [1.82, 2.24) is 5.32 Å². The highest BCUT2D eigenvalue weighted by atomic mass is 16.1. The Morgan fingerprint density at radius 1 is 1.31 bits per heavy atom. The minimum Gasteiger partial charge on any atom is -0.352 e. The number of hydrogen-bond donors (Lipinski definition) is 1. The molecule has 0 unspecified atom stereocenters. The van der Waals surface area contributed by atoms with E-state index in [1.807, 2.05) is 43.3 Å². The zero-order chi connectivity index (χ0) is 11.8. The maximum absolute atomic E-state index is 11.7. The van der Waals surface area contributed by atoms with E-state index in [1.165, 1.54) is 5.56 Å². The molecule has 86 valence electrons. The van der Waals surface area contributed by atoms with E-state index in [9.17, 15) is 4.79 Å². The molecule has 0 aromatic heterocycles. The Kier molecular flexibility index (Phi) is 5.34. The average molecular weight is 217 g/mol. The molecular formula is C14H19NO. The van der Waals surface area contributed by atoms with E-state index >= 15 is 0 Å². The van der Waals surface area contributed by atoms with E-state index in [-0.39, 0.29) is 5.91 Å². The highest BCUT2D eigenvalue weighted by molar-refractivity contribution is 5.94. The zero-order valence-electron chi connectivity index (χ0n) is 9.99. The van der Waals surface area contributed by atoms with Crippen molar-refractivity contribution in [2.45, 2.75) is 26.7 Å². The molecular weight excluding hydrogens is 198 g/mol. The summed E-state index contributed by atoms with van der Waals surface area (Å²) < 4.78 is 0. The fourth-order valence-electron chi connectivity index (χ4n) is 1.43. The summed E-state index contributed by atoms with van der Waals surface area (Å²) in [6.45, 7) is 4.77. The van der Waals surface area contributed by atoms with Crippen molar-refractivity contribution in [2.24, 2.45) is 0 Å². The van der Waals surface area contributed by atoms with Crippen LogP contribution in [-0.4, -0.2) is 12.5 Å². The minimum absolute atomic E-state index is 0.00663. The summed E-state index contributed by atoms with van der Waals surface area (Å²) in [4.78, 5) is 11.7. The third-order valence-corrected chi connectivity index (χ3v) is 2.46. The predicted molar refractivity (Wildman–Crippen MR) is 67.6 cm³/mol. The standard InChI is InChI=1S/C14H19NO/c1-3-5-6-11-15-14(16)13-9-7-12(4-2)8-10-13/h3,5,7-10H,4,6,11H2,1-2H3,(H,15,16)/b5-3+. The van der Waals surface area contributed by atoms with E-state index in [1.54, 1.807) is 0 Å². The van der Waals surface area contributed by atoms with Crippen LogP contribution in [0.25, 0.3) is 0 Å². The Hall–Kier alpha value is -1.57. The molecule has 1 N–H and O–H groups in total. The number of allylic oxidation sites excluding steroid dienone is 1. The van der Waals surface area contributed by atoms with Gasteiger partial charge in [0.05, 0.1) is 0 Å². The first-order valence-electron chi connectivity index (χ1n) is 5.76. The van der Waals surface area contributed by atoms with Gasteiger partial charge in [-0.2, -0.15) is 0 Å². The van der Waals surface area contributed by atoms with Crippen molar-refractivity contribution in [3.63, 3.8) is 0 Å². The monoisotopic (exact) mass is 217 g/mol. The molecule has 0 bridgehead atoms. The van der Waals surface area contributed by atoms with Gasteiger partial charge in [0.25, 0.3) is 5.91 Å². The molecule has 2 heteroatoms. The maximum Gasteiger partial charge on any atom is 0.251 e. The van der Waals surface area contributed by atoms with E-state index in [0.29, 0.717) is 6.54 Å². The average Bonchev–Trinajstić information content (AvgIpc) is 2.34. The highest BCUT2D eigenvalue weighted by Crippen LogP contribution is 2.04. The molecule has 0 fully saturated rings. The summed E-state index contributed by atoms with van der Waals surface area (Å²) in [6.07, 6.45) is 5.92. The molecule has 0 heterocycles. The lowest BCUT2D eigenvalue weighted by molar-refractivity contribution is 0.0954. The summed E-state index contributed by atoms with van der Waals surface area (Å²) in [5, 5.41) is 2.88. The fourth-order valence-corrected chi connectivity index (χ4v) is 1.43. The fraction of sp³-hybridized carbons (Fsp3) is 0.357. The second-order valence-corrected chi connectivity index (χ2v) is 3.66. The smallest absolute Gasteiger partial charge is 0.251 e. The summed E-state index contributed by atoms with van der Waals surface area (Å²) in [6, 6.07) is 7.76. The number of carbonyl (C=O) groups excluding carboxylic acids is 1. The van der Waals surface area contributed by atoms with Crippen LogP contribution in [0, 0.1) is 0 Å². The molecule has 1 aromatic rings. The van der Waals surface area contributed by atoms with Gasteiger partial charge in [-0.3, -0.25) is 4.79 Å². The Morgan fingerprint density at radius 3 is 2.56 bits per heavy atom. The van der Waals surface area contributed by atoms with Crippen LogP contribution >= 0.6 is 0 Å². The Balaban J connectivity index is 2.46. The Labute approximate surface area is 97.4 Å². The largest absolute Gasteiger partial charge is 0.352 e. The lowest BCUT2D eigenvalue weighted by atomic mass is 10.1. The van der Waals surface area contributed by atoms with Crippen LogP contribution in [0.4, 0.5) is 0 Å². The van der Waals surface area contributed by atoms with Crippen LogP contribution in [0.5, 0.6) is 0 Å². The number of amides is 1. The van der Waals surface area contributed by atoms with Gasteiger partial charge in [0.15, 0.2) is 0 Å². The van der Waals surface area contributed by atoms with Crippen molar-refractivity contribution in [3.05, 3.63) is 47.5 Å². The lowest BCUT2D eigenvalue weighted by Gasteiger charge is -2.04. The van der Waals surface area contributed by atoms with Gasteiger partial charge in [-0.15, -0.1) is 0 Å². The minimum atomic E-state index is 0.00663. The topological polar surface area (TPSA) is 29.1 Å². The Morgan fingerprint density at radius 2 is 2.00 bits per heavy atom. The molecule has 0 aliphatic rings. The highest BCUT2D eigenvalue weighted by Gasteiger charge is 2.03. The molecule has 1 aromatic carbocycles. The van der Waals surface area contributed by atoms with Gasteiger partial charge in [-0.25, -0.2) is 0 Å². The van der Waals surface area contributed by atoms with Crippen molar-refractivity contribution < 1.29 is 4.79 Å². The first-order valence-corrected chi connectivity index (χ1v) is 5.76. The molecule has 0 atom stereocenters. The van der Waals surface area contributed by atoms with Crippen LogP contribution in [0.15, 0.2) is 36.4 Å². The van der Waals surface area contributed by atoms with E-state index < -0.39 is 0 Å². The molecule has 0 aliphatic carbocycles. The van der Waals surface area contributed by atoms with Crippen LogP contribution in [0.2, 0.25) is 0 Å². The summed E-state index contributed by atoms with van der Waals surface area (Å²) >= 11 is 0. The van der Waals surface area contributed by atoms with Gasteiger partial charge in [0.1, 0.15) is 0 Å². The van der Waals surface area contributed by atoms with Crippen molar-refractivity contribution in [2.75, 3.05) is 6.54 Å². The van der Waals surface area contributed by atoms with Gasteiger partial charge in [-0.05, 0) is 37.5 Å². The predicted octanol–water partition coefficient (Wildman–Crippen LogP) is 2.95. The van der Waals surface area contributed by atoms with Gasteiger partial charge in [0, 0.05) is 12.1 Å². The molecule has 0 aliphatic heterocycles. The normalized spacial score (nSPS) is 10.6. The maximum atomic E-state index is 11.7. The second kappa shape index (κ2) is 6.83. The number of aryl methyl sites for hydroxylation is 1. The molecule has 0 radical (unpaired) electrons. The molecule has 2 nitrogen and oxygen atoms in total. The molecule has 16 heavy (non-hydrogen) atoms. The molecule has 0 saturated heterocycles. The molecule has 0 spiro atoms. The van der Waals surface area contributed by atoms with Gasteiger partial charge in [0.2, 0.25) is 0 Å². The summed E-state index contributed by atoms with van der Waals surface area (Å²) in [7, 11) is 0. The molecule has 0 saturated carbocycles. The third-order valence-electron chi connectivity index (χ3n) is 2.46. The second-order valence-electron chi connectivity index (χ2n) is 3.66. The number of nitrogens with one attached hydrogen (secondary N) is 1. The van der Waals surface area contributed by atoms with Crippen molar-refractivity contribution in [3.8, 4) is 0 Å². The number of hydrogen-bond acceptors (Lipinski definition) is 1. The van der Waals surface area contributed by atoms with Crippen LogP contribution < -0.4 is 5.32 Å². The van der Waals surface area contributed by atoms with Gasteiger partial charge in [-0.1, -0.05) is 31.2 Å². The molecule has 1 rings (SSSR count). The third kappa shape index (κ3) is 3.89. The first kappa shape index (κ1) is 12.5. The van der Waals surface area contributed by atoms with Gasteiger partial charge < -0.3 is 5.32 Å².